The minimum atomic E-state index is -0.229. The molecular weight excluding hydrogens is 341 g/mol. The van der Waals surface area contributed by atoms with Crippen molar-refractivity contribution in [3.63, 3.8) is 0 Å². The van der Waals surface area contributed by atoms with Crippen LogP contribution in [-0.4, -0.2) is 38.1 Å². The molecule has 0 aliphatic heterocycles. The Labute approximate surface area is 161 Å². The molecule has 0 saturated carbocycles. The standard InChI is InChI=1S/C21H30FN5/c1-6-23-20(25-14-16-10-11-24-19(12-16)27(4)5)26-15-21(2,3)17-8-7-9-18(22)13-17/h7-13H,6,14-15H2,1-5H3,(H2,23,25,26). The number of hydrogen-bond donors (Lipinski definition) is 2. The Bertz CT molecular complexity index is 771. The molecule has 146 valence electrons. The molecule has 2 aromatic rings. The number of guanidine groups is 1. The molecule has 1 heterocycles. The van der Waals surface area contributed by atoms with Crippen LogP contribution in [0.2, 0.25) is 0 Å². The van der Waals surface area contributed by atoms with Crippen LogP contribution in [0.4, 0.5) is 10.2 Å². The molecule has 5 nitrogen and oxygen atoms in total. The van der Waals surface area contributed by atoms with E-state index < -0.39 is 0 Å². The fraction of sp³-hybridized carbons (Fsp3) is 0.429. The van der Waals surface area contributed by atoms with Crippen LogP contribution in [0.15, 0.2) is 47.6 Å². The van der Waals surface area contributed by atoms with Crippen molar-refractivity contribution >= 4 is 11.8 Å². The van der Waals surface area contributed by atoms with Crippen molar-refractivity contribution < 1.29 is 4.39 Å². The molecule has 1 aromatic carbocycles. The van der Waals surface area contributed by atoms with Crippen LogP contribution in [0.1, 0.15) is 31.9 Å². The summed E-state index contributed by atoms with van der Waals surface area (Å²) in [6.45, 7) is 8.17. The number of nitrogens with one attached hydrogen (secondary N) is 2. The number of aliphatic imine (C=N–C) groups is 1. The Morgan fingerprint density at radius 3 is 2.63 bits per heavy atom. The number of aromatic nitrogens is 1. The molecule has 0 fully saturated rings. The summed E-state index contributed by atoms with van der Waals surface area (Å²) in [5.41, 5.74) is 1.82. The van der Waals surface area contributed by atoms with E-state index in [9.17, 15) is 4.39 Å². The second-order valence-corrected chi connectivity index (χ2v) is 7.36. The van der Waals surface area contributed by atoms with Crippen molar-refractivity contribution in [2.45, 2.75) is 32.7 Å². The summed E-state index contributed by atoms with van der Waals surface area (Å²) < 4.78 is 13.5. The van der Waals surface area contributed by atoms with Gasteiger partial charge in [-0.15, -0.1) is 0 Å². The van der Waals surface area contributed by atoms with E-state index in [2.05, 4.69) is 34.5 Å². The van der Waals surface area contributed by atoms with Gasteiger partial charge in [-0.2, -0.15) is 0 Å². The minimum Gasteiger partial charge on any atom is -0.363 e. The zero-order valence-corrected chi connectivity index (χ0v) is 16.9. The first-order valence-electron chi connectivity index (χ1n) is 9.22. The second-order valence-electron chi connectivity index (χ2n) is 7.36. The third-order valence-corrected chi connectivity index (χ3v) is 4.34. The molecule has 2 rings (SSSR count). The van der Waals surface area contributed by atoms with Crippen molar-refractivity contribution in [1.82, 2.24) is 15.6 Å². The van der Waals surface area contributed by atoms with E-state index in [1.54, 1.807) is 18.3 Å². The van der Waals surface area contributed by atoms with E-state index in [4.69, 9.17) is 0 Å². The molecule has 0 aliphatic carbocycles. The Morgan fingerprint density at radius 2 is 1.96 bits per heavy atom. The average Bonchev–Trinajstić information content (AvgIpc) is 2.64. The third kappa shape index (κ3) is 6.24. The molecule has 0 bridgehead atoms. The average molecular weight is 372 g/mol. The molecule has 2 N–H and O–H groups in total. The van der Waals surface area contributed by atoms with E-state index in [0.29, 0.717) is 13.1 Å². The first-order chi connectivity index (χ1) is 12.8. The van der Waals surface area contributed by atoms with Crippen LogP contribution in [0.25, 0.3) is 0 Å². The van der Waals surface area contributed by atoms with Crippen LogP contribution in [0.3, 0.4) is 0 Å². The summed E-state index contributed by atoms with van der Waals surface area (Å²) in [6, 6.07) is 10.8. The highest BCUT2D eigenvalue weighted by Crippen LogP contribution is 2.22. The highest BCUT2D eigenvalue weighted by Gasteiger charge is 2.21. The molecule has 0 radical (unpaired) electrons. The van der Waals surface area contributed by atoms with Crippen molar-refractivity contribution in [1.29, 1.82) is 0 Å². The molecule has 1 aromatic heterocycles. The predicted octanol–water partition coefficient (Wildman–Crippen LogP) is 3.32. The van der Waals surface area contributed by atoms with Gasteiger partial charge in [0.1, 0.15) is 11.6 Å². The van der Waals surface area contributed by atoms with E-state index >= 15 is 0 Å². The van der Waals surface area contributed by atoms with Crippen molar-refractivity contribution in [2.75, 3.05) is 32.1 Å². The van der Waals surface area contributed by atoms with E-state index in [1.807, 2.05) is 44.1 Å². The lowest BCUT2D eigenvalue weighted by molar-refractivity contribution is 0.503. The molecule has 0 aliphatic rings. The number of halogens is 1. The van der Waals surface area contributed by atoms with Gasteiger partial charge in [-0.05, 0) is 42.3 Å². The van der Waals surface area contributed by atoms with Crippen LogP contribution >= 0.6 is 0 Å². The Morgan fingerprint density at radius 1 is 1.19 bits per heavy atom. The van der Waals surface area contributed by atoms with Gasteiger partial charge in [0, 0.05) is 38.8 Å². The van der Waals surface area contributed by atoms with Gasteiger partial charge in [0.15, 0.2) is 5.96 Å². The third-order valence-electron chi connectivity index (χ3n) is 4.34. The molecule has 0 amide bonds. The molecule has 0 spiro atoms. The molecule has 0 unspecified atom stereocenters. The monoisotopic (exact) mass is 371 g/mol. The van der Waals surface area contributed by atoms with Crippen molar-refractivity contribution in [3.8, 4) is 0 Å². The zero-order valence-electron chi connectivity index (χ0n) is 16.9. The normalized spacial score (nSPS) is 12.0. The van der Waals surface area contributed by atoms with Crippen molar-refractivity contribution in [3.05, 3.63) is 59.5 Å². The highest BCUT2D eigenvalue weighted by molar-refractivity contribution is 5.79. The van der Waals surface area contributed by atoms with E-state index in [0.717, 1.165) is 29.4 Å². The fourth-order valence-electron chi connectivity index (χ4n) is 2.63. The number of hydrogen-bond acceptors (Lipinski definition) is 3. The lowest BCUT2D eigenvalue weighted by atomic mass is 9.84. The van der Waals surface area contributed by atoms with Gasteiger partial charge in [0.25, 0.3) is 0 Å². The summed E-state index contributed by atoms with van der Waals surface area (Å²) in [6.07, 6.45) is 1.80. The lowest BCUT2D eigenvalue weighted by Crippen LogP contribution is -2.43. The van der Waals surface area contributed by atoms with Gasteiger partial charge in [0.2, 0.25) is 0 Å². The van der Waals surface area contributed by atoms with Gasteiger partial charge in [-0.1, -0.05) is 26.0 Å². The Balaban J connectivity index is 2.06. The largest absolute Gasteiger partial charge is 0.363 e. The van der Waals surface area contributed by atoms with Gasteiger partial charge in [0.05, 0.1) is 6.54 Å². The van der Waals surface area contributed by atoms with Crippen LogP contribution in [0, 0.1) is 5.82 Å². The molecule has 0 saturated heterocycles. The summed E-state index contributed by atoms with van der Waals surface area (Å²) in [5, 5.41) is 6.64. The number of rotatable bonds is 7. The summed E-state index contributed by atoms with van der Waals surface area (Å²) in [5.74, 6) is 1.44. The Kier molecular flexibility index (Phi) is 7.16. The quantitative estimate of drug-likeness (QED) is 0.579. The first-order valence-corrected chi connectivity index (χ1v) is 9.22. The van der Waals surface area contributed by atoms with Crippen molar-refractivity contribution in [2.24, 2.45) is 4.99 Å². The highest BCUT2D eigenvalue weighted by atomic mass is 19.1. The van der Waals surface area contributed by atoms with Crippen LogP contribution in [-0.2, 0) is 12.0 Å². The molecular formula is C21H30FN5. The summed E-state index contributed by atoms with van der Waals surface area (Å²) >= 11 is 0. The maximum Gasteiger partial charge on any atom is 0.191 e. The zero-order chi connectivity index (χ0) is 19.9. The summed E-state index contributed by atoms with van der Waals surface area (Å²) in [4.78, 5) is 11.0. The maximum absolute atomic E-state index is 13.5. The van der Waals surface area contributed by atoms with E-state index in [1.165, 1.54) is 6.07 Å². The molecule has 6 heteroatoms. The minimum absolute atomic E-state index is 0.212. The van der Waals surface area contributed by atoms with Crippen LogP contribution < -0.4 is 15.5 Å². The van der Waals surface area contributed by atoms with Crippen LogP contribution in [0.5, 0.6) is 0 Å². The molecule has 0 atom stereocenters. The second kappa shape index (κ2) is 9.35. The maximum atomic E-state index is 13.5. The number of anilines is 1. The topological polar surface area (TPSA) is 52.6 Å². The van der Waals surface area contributed by atoms with Gasteiger partial charge < -0.3 is 15.5 Å². The lowest BCUT2D eigenvalue weighted by Gasteiger charge is -2.27. The van der Waals surface area contributed by atoms with Gasteiger partial charge in [-0.25, -0.2) is 14.4 Å². The fourth-order valence-corrected chi connectivity index (χ4v) is 2.63. The number of benzene rings is 1. The predicted molar refractivity (Wildman–Crippen MR) is 111 cm³/mol. The smallest absolute Gasteiger partial charge is 0.191 e. The summed E-state index contributed by atoms with van der Waals surface area (Å²) in [7, 11) is 3.94. The van der Waals surface area contributed by atoms with Gasteiger partial charge in [-0.3, -0.25) is 0 Å². The van der Waals surface area contributed by atoms with E-state index in [-0.39, 0.29) is 11.2 Å². The van der Waals surface area contributed by atoms with Gasteiger partial charge >= 0.3 is 0 Å². The number of nitrogens with zero attached hydrogens (tertiary/aromatic N) is 3. The molecule has 27 heavy (non-hydrogen) atoms. The Hall–Kier alpha value is -2.63. The first kappa shape index (κ1) is 20.7. The SMILES string of the molecule is CCNC(=NCc1ccnc(N(C)C)c1)NCC(C)(C)c1cccc(F)c1. The number of pyridine rings is 1.